The van der Waals surface area contributed by atoms with Crippen LogP contribution in [0, 0.1) is 11.8 Å². The molecule has 0 spiro atoms. The van der Waals surface area contributed by atoms with Crippen molar-refractivity contribution in [3.05, 3.63) is 22.4 Å². The third-order valence-corrected chi connectivity index (χ3v) is 4.31. The predicted octanol–water partition coefficient (Wildman–Crippen LogP) is 2.82. The minimum Gasteiger partial charge on any atom is -0.311 e. The van der Waals surface area contributed by atoms with Crippen LogP contribution in [-0.2, 0) is 6.54 Å². The first kappa shape index (κ1) is 13.1. The predicted molar refractivity (Wildman–Crippen MR) is 75.4 cm³/mol. The van der Waals surface area contributed by atoms with Gasteiger partial charge in [0.1, 0.15) is 0 Å². The molecule has 1 aromatic rings. The largest absolute Gasteiger partial charge is 0.311 e. The molecule has 1 N–H and O–H groups in total. The first-order chi connectivity index (χ1) is 8.24. The summed E-state index contributed by atoms with van der Waals surface area (Å²) in [5.41, 5.74) is 0. The van der Waals surface area contributed by atoms with Crippen molar-refractivity contribution in [2.75, 3.05) is 26.2 Å². The van der Waals surface area contributed by atoms with E-state index < -0.39 is 0 Å². The van der Waals surface area contributed by atoms with Crippen LogP contribution in [0.5, 0.6) is 0 Å². The summed E-state index contributed by atoms with van der Waals surface area (Å²) in [5, 5.41) is 5.68. The Kier molecular flexibility index (Phi) is 5.01. The van der Waals surface area contributed by atoms with Gasteiger partial charge in [-0.25, -0.2) is 0 Å². The number of rotatable bonds is 5. The summed E-state index contributed by atoms with van der Waals surface area (Å²) in [6.45, 7) is 10.6. The number of nitrogens with one attached hydrogen (secondary N) is 1. The van der Waals surface area contributed by atoms with E-state index in [0.717, 1.165) is 24.9 Å². The molecule has 2 atom stereocenters. The van der Waals surface area contributed by atoms with Crippen molar-refractivity contribution < 1.29 is 0 Å². The number of likely N-dealkylation sites (tertiary alicyclic amines) is 1. The molecule has 3 heteroatoms. The Bertz CT molecular complexity index is 300. The zero-order chi connectivity index (χ0) is 12.1. The van der Waals surface area contributed by atoms with Gasteiger partial charge in [0.05, 0.1) is 0 Å². The highest BCUT2D eigenvalue weighted by Crippen LogP contribution is 2.20. The second-order valence-corrected chi connectivity index (χ2v) is 6.49. The third kappa shape index (κ3) is 4.41. The van der Waals surface area contributed by atoms with Gasteiger partial charge in [-0.2, -0.15) is 0 Å². The van der Waals surface area contributed by atoms with Gasteiger partial charge in [-0.05, 0) is 29.7 Å². The molecule has 2 unspecified atom stereocenters. The van der Waals surface area contributed by atoms with Gasteiger partial charge in [0.2, 0.25) is 0 Å². The molecule has 1 aliphatic heterocycles. The van der Waals surface area contributed by atoms with Crippen LogP contribution in [0.4, 0.5) is 0 Å². The van der Waals surface area contributed by atoms with E-state index in [9.17, 15) is 0 Å². The third-order valence-electron chi connectivity index (χ3n) is 3.43. The van der Waals surface area contributed by atoms with E-state index in [4.69, 9.17) is 0 Å². The second kappa shape index (κ2) is 6.53. The van der Waals surface area contributed by atoms with Crippen LogP contribution in [0.2, 0.25) is 0 Å². The summed E-state index contributed by atoms with van der Waals surface area (Å²) in [6, 6.07) is 4.32. The summed E-state index contributed by atoms with van der Waals surface area (Å²) in [7, 11) is 0. The number of thiophene rings is 1. The van der Waals surface area contributed by atoms with E-state index in [1.807, 2.05) is 11.3 Å². The lowest BCUT2D eigenvalue weighted by Gasteiger charge is -2.34. The van der Waals surface area contributed by atoms with Crippen LogP contribution < -0.4 is 5.32 Å². The minimum atomic E-state index is 0.871. The van der Waals surface area contributed by atoms with Crippen LogP contribution in [0.3, 0.4) is 0 Å². The van der Waals surface area contributed by atoms with Gasteiger partial charge in [0.15, 0.2) is 0 Å². The van der Waals surface area contributed by atoms with Crippen molar-refractivity contribution in [3.8, 4) is 0 Å². The molecule has 2 nitrogen and oxygen atoms in total. The molecule has 0 amide bonds. The summed E-state index contributed by atoms with van der Waals surface area (Å²) in [6.07, 6.45) is 1.40. The first-order valence-electron chi connectivity index (χ1n) is 6.69. The van der Waals surface area contributed by atoms with Crippen LogP contribution >= 0.6 is 11.3 Å². The van der Waals surface area contributed by atoms with E-state index in [-0.39, 0.29) is 0 Å². The van der Waals surface area contributed by atoms with Gasteiger partial charge in [0, 0.05) is 37.6 Å². The van der Waals surface area contributed by atoms with Gasteiger partial charge in [0.25, 0.3) is 0 Å². The van der Waals surface area contributed by atoms with E-state index >= 15 is 0 Å². The minimum absolute atomic E-state index is 0.871. The Morgan fingerprint density at radius 1 is 1.35 bits per heavy atom. The van der Waals surface area contributed by atoms with Crippen molar-refractivity contribution in [1.82, 2.24) is 10.2 Å². The standard InChI is InChI=1S/C14H24N2S/c1-12-8-13(2)11-16(10-12)6-5-15-9-14-4-3-7-17-14/h3-4,7,12-13,15H,5-6,8-11H2,1-2H3. The van der Waals surface area contributed by atoms with Gasteiger partial charge in [-0.15, -0.1) is 11.3 Å². The topological polar surface area (TPSA) is 15.3 Å². The molecule has 1 aliphatic rings. The molecule has 0 radical (unpaired) electrons. The highest BCUT2D eigenvalue weighted by molar-refractivity contribution is 7.09. The van der Waals surface area contributed by atoms with Crippen molar-refractivity contribution in [1.29, 1.82) is 0 Å². The van der Waals surface area contributed by atoms with E-state index in [1.54, 1.807) is 0 Å². The molecule has 17 heavy (non-hydrogen) atoms. The SMILES string of the molecule is CC1CC(C)CN(CCNCc2cccs2)C1. The fourth-order valence-corrected chi connectivity index (χ4v) is 3.51. The molecule has 2 heterocycles. The summed E-state index contributed by atoms with van der Waals surface area (Å²) < 4.78 is 0. The lowest BCUT2D eigenvalue weighted by Crippen LogP contribution is -2.41. The van der Waals surface area contributed by atoms with Gasteiger partial charge < -0.3 is 10.2 Å². The average Bonchev–Trinajstić information content (AvgIpc) is 2.76. The molecule has 0 bridgehead atoms. The van der Waals surface area contributed by atoms with Crippen molar-refractivity contribution in [3.63, 3.8) is 0 Å². The van der Waals surface area contributed by atoms with Crippen molar-refractivity contribution in [2.24, 2.45) is 11.8 Å². The first-order valence-corrected chi connectivity index (χ1v) is 7.57. The Morgan fingerprint density at radius 2 is 2.12 bits per heavy atom. The zero-order valence-corrected chi connectivity index (χ0v) is 11.8. The molecule has 0 saturated carbocycles. The highest BCUT2D eigenvalue weighted by atomic mass is 32.1. The van der Waals surface area contributed by atoms with Gasteiger partial charge >= 0.3 is 0 Å². The van der Waals surface area contributed by atoms with Crippen molar-refractivity contribution >= 4 is 11.3 Å². The van der Waals surface area contributed by atoms with Crippen LogP contribution in [0.25, 0.3) is 0 Å². The fraction of sp³-hybridized carbons (Fsp3) is 0.714. The zero-order valence-electron chi connectivity index (χ0n) is 11.0. The molecule has 0 aliphatic carbocycles. The lowest BCUT2D eigenvalue weighted by molar-refractivity contribution is 0.142. The summed E-state index contributed by atoms with van der Waals surface area (Å²) in [4.78, 5) is 4.05. The summed E-state index contributed by atoms with van der Waals surface area (Å²) >= 11 is 1.83. The number of nitrogens with zero attached hydrogens (tertiary/aromatic N) is 1. The monoisotopic (exact) mass is 252 g/mol. The van der Waals surface area contributed by atoms with E-state index in [2.05, 4.69) is 41.6 Å². The maximum absolute atomic E-state index is 3.53. The van der Waals surface area contributed by atoms with Crippen LogP contribution in [0.15, 0.2) is 17.5 Å². The molecule has 1 fully saturated rings. The Hall–Kier alpha value is -0.380. The Labute approximate surface area is 109 Å². The highest BCUT2D eigenvalue weighted by Gasteiger charge is 2.20. The molecule has 1 saturated heterocycles. The Balaban J connectivity index is 1.61. The Morgan fingerprint density at radius 3 is 2.76 bits per heavy atom. The van der Waals surface area contributed by atoms with Crippen LogP contribution in [-0.4, -0.2) is 31.1 Å². The van der Waals surface area contributed by atoms with E-state index in [1.165, 1.54) is 30.9 Å². The maximum atomic E-state index is 3.53. The van der Waals surface area contributed by atoms with Crippen LogP contribution in [0.1, 0.15) is 25.1 Å². The lowest BCUT2D eigenvalue weighted by atomic mass is 9.92. The normalized spacial score (nSPS) is 26.2. The molecule has 1 aromatic heterocycles. The van der Waals surface area contributed by atoms with Gasteiger partial charge in [-0.3, -0.25) is 0 Å². The fourth-order valence-electron chi connectivity index (χ4n) is 2.84. The second-order valence-electron chi connectivity index (χ2n) is 5.46. The average molecular weight is 252 g/mol. The number of hydrogen-bond donors (Lipinski definition) is 1. The molecular formula is C14H24N2S. The quantitative estimate of drug-likeness (QED) is 0.811. The smallest absolute Gasteiger partial charge is 0.0300 e. The number of hydrogen-bond acceptors (Lipinski definition) is 3. The van der Waals surface area contributed by atoms with Gasteiger partial charge in [-0.1, -0.05) is 19.9 Å². The maximum Gasteiger partial charge on any atom is 0.0300 e. The molecule has 0 aromatic carbocycles. The number of piperidine rings is 1. The molecular weight excluding hydrogens is 228 g/mol. The molecule has 96 valence electrons. The van der Waals surface area contributed by atoms with Crippen molar-refractivity contribution in [2.45, 2.75) is 26.8 Å². The summed E-state index contributed by atoms with van der Waals surface area (Å²) in [5.74, 6) is 1.74. The molecule has 2 rings (SSSR count). The van der Waals surface area contributed by atoms with E-state index in [0.29, 0.717) is 0 Å².